The standard InChI is InChI=1S/C10H14N2O4/c11-6-1-2-12(9(15)3-6)10-4-7(14)8(5-13)16-10/h1-3,7-8,10,13-14H,4-5,11H2/t7-,8+,10-/m0/s1. The number of nitrogens with zero attached hydrogens (tertiary/aromatic N) is 1. The molecule has 16 heavy (non-hydrogen) atoms. The summed E-state index contributed by atoms with van der Waals surface area (Å²) in [6.45, 7) is -0.263. The molecule has 1 aromatic rings. The van der Waals surface area contributed by atoms with Crippen LogP contribution in [0.5, 0.6) is 0 Å². The highest BCUT2D eigenvalue weighted by molar-refractivity contribution is 5.34. The Kier molecular flexibility index (Phi) is 2.95. The lowest BCUT2D eigenvalue weighted by Crippen LogP contribution is -2.25. The molecule has 88 valence electrons. The first kappa shape index (κ1) is 11.1. The summed E-state index contributed by atoms with van der Waals surface area (Å²) in [7, 11) is 0. The van der Waals surface area contributed by atoms with Crippen molar-refractivity contribution >= 4 is 5.69 Å². The molecule has 1 aromatic heterocycles. The van der Waals surface area contributed by atoms with Gasteiger partial charge in [0.15, 0.2) is 0 Å². The zero-order valence-electron chi connectivity index (χ0n) is 8.61. The van der Waals surface area contributed by atoms with E-state index in [1.807, 2.05) is 0 Å². The summed E-state index contributed by atoms with van der Waals surface area (Å²) in [6.07, 6.45) is -0.113. The van der Waals surface area contributed by atoms with E-state index in [4.69, 9.17) is 15.6 Å². The molecule has 6 nitrogen and oxygen atoms in total. The van der Waals surface area contributed by atoms with Crippen molar-refractivity contribution < 1.29 is 14.9 Å². The molecule has 0 radical (unpaired) electrons. The minimum Gasteiger partial charge on any atom is -0.399 e. The number of anilines is 1. The Balaban J connectivity index is 2.23. The molecule has 4 N–H and O–H groups in total. The molecule has 0 aliphatic carbocycles. The normalized spacial score (nSPS) is 29.5. The first-order valence-corrected chi connectivity index (χ1v) is 5.04. The largest absolute Gasteiger partial charge is 0.399 e. The highest BCUT2D eigenvalue weighted by Gasteiger charge is 2.34. The molecule has 0 unspecified atom stereocenters. The van der Waals surface area contributed by atoms with Crippen LogP contribution in [-0.4, -0.2) is 33.6 Å². The van der Waals surface area contributed by atoms with E-state index in [-0.39, 0.29) is 18.6 Å². The van der Waals surface area contributed by atoms with Gasteiger partial charge < -0.3 is 20.7 Å². The minimum absolute atomic E-state index is 0.263. The molecule has 0 bridgehead atoms. The van der Waals surface area contributed by atoms with Gasteiger partial charge in [-0.25, -0.2) is 0 Å². The predicted molar refractivity (Wildman–Crippen MR) is 56.7 cm³/mol. The molecular formula is C10H14N2O4. The van der Waals surface area contributed by atoms with Crippen LogP contribution >= 0.6 is 0 Å². The van der Waals surface area contributed by atoms with Gasteiger partial charge >= 0.3 is 0 Å². The van der Waals surface area contributed by atoms with Gasteiger partial charge in [-0.1, -0.05) is 0 Å². The third-order valence-corrected chi connectivity index (χ3v) is 2.67. The van der Waals surface area contributed by atoms with Crippen molar-refractivity contribution in [2.75, 3.05) is 12.3 Å². The van der Waals surface area contributed by atoms with Gasteiger partial charge in [-0.3, -0.25) is 9.36 Å². The van der Waals surface area contributed by atoms with Crippen LogP contribution in [0.1, 0.15) is 12.6 Å². The van der Waals surface area contributed by atoms with E-state index in [0.29, 0.717) is 5.69 Å². The SMILES string of the molecule is Nc1ccn([C@@H]2C[C@H](O)[C@@H](CO)O2)c(=O)c1. The zero-order valence-corrected chi connectivity index (χ0v) is 8.61. The summed E-state index contributed by atoms with van der Waals surface area (Å²) in [5, 5.41) is 18.5. The minimum atomic E-state index is -0.751. The monoisotopic (exact) mass is 226 g/mol. The maximum absolute atomic E-state index is 11.6. The van der Waals surface area contributed by atoms with Crippen LogP contribution in [0.2, 0.25) is 0 Å². The number of nitrogens with two attached hydrogens (primary N) is 1. The Morgan fingerprint density at radius 1 is 1.62 bits per heavy atom. The summed E-state index contributed by atoms with van der Waals surface area (Å²) < 4.78 is 6.71. The molecule has 0 spiro atoms. The molecular weight excluding hydrogens is 212 g/mol. The van der Waals surface area contributed by atoms with E-state index in [2.05, 4.69) is 0 Å². The second kappa shape index (κ2) is 4.25. The van der Waals surface area contributed by atoms with Gasteiger partial charge in [0, 0.05) is 24.4 Å². The van der Waals surface area contributed by atoms with E-state index in [1.165, 1.54) is 16.8 Å². The molecule has 1 aliphatic heterocycles. The number of rotatable bonds is 2. The van der Waals surface area contributed by atoms with Crippen LogP contribution in [0.15, 0.2) is 23.1 Å². The molecule has 6 heteroatoms. The number of ether oxygens (including phenoxy) is 1. The second-order valence-corrected chi connectivity index (χ2v) is 3.82. The Hall–Kier alpha value is -1.37. The van der Waals surface area contributed by atoms with Gasteiger partial charge in [-0.05, 0) is 6.07 Å². The van der Waals surface area contributed by atoms with Gasteiger partial charge in [0.2, 0.25) is 0 Å². The lowest BCUT2D eigenvalue weighted by molar-refractivity contribution is -0.0454. The van der Waals surface area contributed by atoms with Crippen molar-refractivity contribution in [3.63, 3.8) is 0 Å². The van der Waals surface area contributed by atoms with Gasteiger partial charge in [0.25, 0.3) is 5.56 Å². The Bertz CT molecular complexity index is 431. The fourth-order valence-electron chi connectivity index (χ4n) is 1.79. The average molecular weight is 226 g/mol. The zero-order chi connectivity index (χ0) is 11.7. The molecule has 1 aliphatic rings. The van der Waals surface area contributed by atoms with Crippen molar-refractivity contribution in [2.24, 2.45) is 0 Å². The molecule has 3 atom stereocenters. The fourth-order valence-corrected chi connectivity index (χ4v) is 1.79. The molecule has 2 heterocycles. The lowest BCUT2D eigenvalue weighted by atomic mass is 10.2. The van der Waals surface area contributed by atoms with Crippen molar-refractivity contribution in [2.45, 2.75) is 24.9 Å². The molecule has 0 aromatic carbocycles. The maximum atomic E-state index is 11.6. The average Bonchev–Trinajstić information content (AvgIpc) is 2.59. The van der Waals surface area contributed by atoms with E-state index in [0.717, 1.165) is 0 Å². The second-order valence-electron chi connectivity index (χ2n) is 3.82. The van der Waals surface area contributed by atoms with Crippen molar-refractivity contribution in [1.82, 2.24) is 4.57 Å². The van der Waals surface area contributed by atoms with Gasteiger partial charge in [-0.2, -0.15) is 0 Å². The Labute approximate surface area is 91.9 Å². The first-order chi connectivity index (χ1) is 7.61. The quantitative estimate of drug-likeness (QED) is 0.605. The summed E-state index contributed by atoms with van der Waals surface area (Å²) in [5.74, 6) is 0. The van der Waals surface area contributed by atoms with E-state index in [9.17, 15) is 9.90 Å². The Morgan fingerprint density at radius 2 is 2.38 bits per heavy atom. The highest BCUT2D eigenvalue weighted by atomic mass is 16.5. The molecule has 0 amide bonds. The highest BCUT2D eigenvalue weighted by Crippen LogP contribution is 2.27. The Morgan fingerprint density at radius 3 is 2.94 bits per heavy atom. The third kappa shape index (κ3) is 1.95. The first-order valence-electron chi connectivity index (χ1n) is 5.04. The van der Waals surface area contributed by atoms with Gasteiger partial charge in [0.05, 0.1) is 12.7 Å². The predicted octanol–water partition coefficient (Wildman–Crippen LogP) is -0.929. The van der Waals surface area contributed by atoms with Crippen LogP contribution in [-0.2, 0) is 4.74 Å². The van der Waals surface area contributed by atoms with Crippen LogP contribution in [0.25, 0.3) is 0 Å². The molecule has 0 saturated carbocycles. The van der Waals surface area contributed by atoms with Crippen LogP contribution in [0, 0.1) is 0 Å². The smallest absolute Gasteiger partial charge is 0.254 e. The topological polar surface area (TPSA) is 97.7 Å². The number of hydrogen-bond acceptors (Lipinski definition) is 5. The molecule has 2 rings (SSSR count). The van der Waals surface area contributed by atoms with E-state index >= 15 is 0 Å². The van der Waals surface area contributed by atoms with Crippen molar-refractivity contribution in [3.05, 3.63) is 28.7 Å². The van der Waals surface area contributed by atoms with Gasteiger partial charge in [0.1, 0.15) is 12.3 Å². The molecule has 1 fully saturated rings. The summed E-state index contributed by atoms with van der Waals surface area (Å²) in [5.41, 5.74) is 5.57. The maximum Gasteiger partial charge on any atom is 0.254 e. The van der Waals surface area contributed by atoms with Crippen LogP contribution in [0.4, 0.5) is 5.69 Å². The number of aromatic nitrogens is 1. The lowest BCUT2D eigenvalue weighted by Gasteiger charge is -2.14. The molecule has 1 saturated heterocycles. The van der Waals surface area contributed by atoms with Crippen molar-refractivity contribution in [3.8, 4) is 0 Å². The van der Waals surface area contributed by atoms with Gasteiger partial charge in [-0.15, -0.1) is 0 Å². The number of aliphatic hydroxyl groups excluding tert-OH is 2. The van der Waals surface area contributed by atoms with Crippen molar-refractivity contribution in [1.29, 1.82) is 0 Å². The number of pyridine rings is 1. The third-order valence-electron chi connectivity index (χ3n) is 2.67. The number of aliphatic hydroxyl groups is 2. The van der Waals surface area contributed by atoms with E-state index in [1.54, 1.807) is 6.07 Å². The van der Waals surface area contributed by atoms with Crippen LogP contribution < -0.4 is 11.3 Å². The van der Waals surface area contributed by atoms with E-state index < -0.39 is 18.4 Å². The number of hydrogen-bond donors (Lipinski definition) is 3. The number of nitrogen functional groups attached to an aromatic ring is 1. The fraction of sp³-hybridized carbons (Fsp3) is 0.500. The summed E-state index contributed by atoms with van der Waals surface area (Å²) in [6, 6.07) is 2.88. The van der Waals surface area contributed by atoms with Crippen LogP contribution in [0.3, 0.4) is 0 Å². The summed E-state index contributed by atoms with van der Waals surface area (Å²) >= 11 is 0. The summed E-state index contributed by atoms with van der Waals surface area (Å²) in [4.78, 5) is 11.6.